The van der Waals surface area contributed by atoms with E-state index in [1.165, 1.54) is 12.8 Å². The van der Waals surface area contributed by atoms with Gasteiger partial charge in [-0.15, -0.1) is 0 Å². The van der Waals surface area contributed by atoms with E-state index in [-0.39, 0.29) is 0 Å². The Balaban J connectivity index is 1.87. The van der Waals surface area contributed by atoms with E-state index in [1.807, 2.05) is 0 Å². The molecule has 0 radical (unpaired) electrons. The van der Waals surface area contributed by atoms with Crippen LogP contribution in [0.15, 0.2) is 0 Å². The first-order valence-electron chi connectivity index (χ1n) is 3.08. The van der Waals surface area contributed by atoms with Gasteiger partial charge in [-0.25, -0.2) is 0 Å². The molecule has 1 N–H and O–H groups in total. The first-order chi connectivity index (χ1) is 3.79. The van der Waals surface area contributed by atoms with Crippen LogP contribution in [-0.2, 0) is 4.74 Å². The molecule has 1 rings (SSSR count). The molecule has 0 spiro atoms. The monoisotopic (exact) mass is 116 g/mol. The summed E-state index contributed by atoms with van der Waals surface area (Å²) >= 11 is 0. The molecule has 2 nitrogen and oxygen atoms in total. The van der Waals surface area contributed by atoms with Gasteiger partial charge in [-0.05, 0) is 25.7 Å². The van der Waals surface area contributed by atoms with Crippen LogP contribution in [0.3, 0.4) is 0 Å². The number of rotatable bonds is 3. The highest BCUT2D eigenvalue weighted by molar-refractivity contribution is 4.71. The molecule has 1 aliphatic carbocycles. The van der Waals surface area contributed by atoms with Gasteiger partial charge in [0.25, 0.3) is 0 Å². The van der Waals surface area contributed by atoms with Crippen molar-refractivity contribution in [2.24, 2.45) is 5.92 Å². The van der Waals surface area contributed by atoms with Crippen LogP contribution < -0.4 is 0 Å². The first-order valence-corrected chi connectivity index (χ1v) is 3.08. The standard InChI is InChI=1S/C6H12O2/c1-5(7)8-4-6-2-3-6/h5-7H,2-4H2,1H3. The maximum atomic E-state index is 8.61. The Morgan fingerprint density at radius 1 is 1.75 bits per heavy atom. The Morgan fingerprint density at radius 3 is 2.75 bits per heavy atom. The van der Waals surface area contributed by atoms with E-state index in [1.54, 1.807) is 6.92 Å². The predicted molar refractivity (Wildman–Crippen MR) is 30.4 cm³/mol. The fourth-order valence-corrected chi connectivity index (χ4v) is 0.560. The number of aliphatic hydroxyl groups excluding tert-OH is 1. The molecule has 0 aromatic heterocycles. The predicted octanol–water partition coefficient (Wildman–Crippen LogP) is 0.751. The zero-order chi connectivity index (χ0) is 5.98. The van der Waals surface area contributed by atoms with E-state index in [0.29, 0.717) is 0 Å². The fraction of sp³-hybridized carbons (Fsp3) is 1.00. The van der Waals surface area contributed by atoms with Crippen molar-refractivity contribution in [3.63, 3.8) is 0 Å². The lowest BCUT2D eigenvalue weighted by molar-refractivity contribution is -0.0886. The van der Waals surface area contributed by atoms with Crippen molar-refractivity contribution in [3.8, 4) is 0 Å². The Bertz CT molecular complexity index is 64.9. The lowest BCUT2D eigenvalue weighted by Gasteiger charge is -2.03. The van der Waals surface area contributed by atoms with E-state index in [2.05, 4.69) is 0 Å². The van der Waals surface area contributed by atoms with Gasteiger partial charge in [0.15, 0.2) is 6.29 Å². The molecule has 8 heavy (non-hydrogen) atoms. The van der Waals surface area contributed by atoms with Crippen molar-refractivity contribution in [2.45, 2.75) is 26.1 Å². The van der Waals surface area contributed by atoms with Crippen LogP contribution in [0.2, 0.25) is 0 Å². The number of aliphatic hydroxyl groups is 1. The average Bonchev–Trinajstić information content (AvgIpc) is 2.41. The van der Waals surface area contributed by atoms with Gasteiger partial charge in [0.2, 0.25) is 0 Å². The van der Waals surface area contributed by atoms with Crippen LogP contribution in [0.4, 0.5) is 0 Å². The van der Waals surface area contributed by atoms with Crippen LogP contribution in [0.1, 0.15) is 19.8 Å². The van der Waals surface area contributed by atoms with Gasteiger partial charge in [0.1, 0.15) is 0 Å². The quantitative estimate of drug-likeness (QED) is 0.551. The van der Waals surface area contributed by atoms with E-state index < -0.39 is 6.29 Å². The number of hydrogen-bond donors (Lipinski definition) is 1. The highest BCUT2D eigenvalue weighted by Gasteiger charge is 2.21. The maximum Gasteiger partial charge on any atom is 0.151 e. The van der Waals surface area contributed by atoms with Gasteiger partial charge >= 0.3 is 0 Å². The molecule has 0 amide bonds. The molecule has 0 aromatic carbocycles. The van der Waals surface area contributed by atoms with Crippen LogP contribution >= 0.6 is 0 Å². The summed E-state index contributed by atoms with van der Waals surface area (Å²) in [4.78, 5) is 0. The lowest BCUT2D eigenvalue weighted by Crippen LogP contribution is -2.07. The van der Waals surface area contributed by atoms with Gasteiger partial charge in [-0.2, -0.15) is 0 Å². The third-order valence-electron chi connectivity index (χ3n) is 1.27. The molecule has 1 atom stereocenters. The topological polar surface area (TPSA) is 29.5 Å². The van der Waals surface area contributed by atoms with Crippen molar-refractivity contribution in [1.29, 1.82) is 0 Å². The van der Waals surface area contributed by atoms with Gasteiger partial charge in [0.05, 0.1) is 6.61 Å². The molecule has 48 valence electrons. The third-order valence-corrected chi connectivity index (χ3v) is 1.27. The van der Waals surface area contributed by atoms with Crippen LogP contribution in [-0.4, -0.2) is 18.0 Å². The second-order valence-corrected chi connectivity index (χ2v) is 2.38. The summed E-state index contributed by atoms with van der Waals surface area (Å²) in [5.74, 6) is 0.754. The molecule has 1 unspecified atom stereocenters. The van der Waals surface area contributed by atoms with Crippen LogP contribution in [0.5, 0.6) is 0 Å². The normalized spacial score (nSPS) is 23.2. The van der Waals surface area contributed by atoms with Gasteiger partial charge < -0.3 is 9.84 Å². The molecule has 0 bridgehead atoms. The summed E-state index contributed by atoms with van der Waals surface area (Å²) in [7, 11) is 0. The molecule has 2 heteroatoms. The minimum absolute atomic E-state index is 0.574. The van der Waals surface area contributed by atoms with Crippen molar-refractivity contribution >= 4 is 0 Å². The summed E-state index contributed by atoms with van der Waals surface area (Å²) in [6.07, 6.45) is 2.00. The highest BCUT2D eigenvalue weighted by Crippen LogP contribution is 2.28. The summed E-state index contributed by atoms with van der Waals surface area (Å²) in [5.41, 5.74) is 0. The minimum Gasteiger partial charge on any atom is -0.368 e. The fourth-order valence-electron chi connectivity index (χ4n) is 0.560. The Labute approximate surface area is 49.5 Å². The average molecular weight is 116 g/mol. The Kier molecular flexibility index (Phi) is 1.86. The van der Waals surface area contributed by atoms with Gasteiger partial charge in [-0.3, -0.25) is 0 Å². The van der Waals surface area contributed by atoms with Crippen LogP contribution in [0, 0.1) is 5.92 Å². The molecule has 0 saturated heterocycles. The van der Waals surface area contributed by atoms with E-state index in [0.717, 1.165) is 12.5 Å². The van der Waals surface area contributed by atoms with E-state index >= 15 is 0 Å². The molecular weight excluding hydrogens is 104 g/mol. The zero-order valence-corrected chi connectivity index (χ0v) is 5.13. The molecule has 0 aliphatic heterocycles. The number of hydrogen-bond acceptors (Lipinski definition) is 2. The highest BCUT2D eigenvalue weighted by atomic mass is 16.6. The maximum absolute atomic E-state index is 8.61. The molecule has 1 aliphatic rings. The first kappa shape index (κ1) is 6.05. The van der Waals surface area contributed by atoms with E-state index in [4.69, 9.17) is 9.84 Å². The second kappa shape index (κ2) is 2.46. The van der Waals surface area contributed by atoms with Gasteiger partial charge in [-0.1, -0.05) is 0 Å². The third kappa shape index (κ3) is 2.28. The zero-order valence-electron chi connectivity index (χ0n) is 5.13. The summed E-state index contributed by atoms with van der Waals surface area (Å²) in [5, 5.41) is 8.61. The smallest absolute Gasteiger partial charge is 0.151 e. The van der Waals surface area contributed by atoms with Crippen molar-refractivity contribution in [1.82, 2.24) is 0 Å². The summed E-state index contributed by atoms with van der Waals surface area (Å²) < 4.78 is 4.92. The SMILES string of the molecule is CC(O)OCC1CC1. The summed E-state index contributed by atoms with van der Waals surface area (Å²) in [6, 6.07) is 0. The number of ether oxygens (including phenoxy) is 1. The van der Waals surface area contributed by atoms with Gasteiger partial charge in [0, 0.05) is 0 Å². The molecule has 1 fully saturated rings. The molecule has 0 aromatic rings. The van der Waals surface area contributed by atoms with Crippen molar-refractivity contribution in [2.75, 3.05) is 6.61 Å². The molecular formula is C6H12O2. The Morgan fingerprint density at radius 2 is 2.38 bits per heavy atom. The Hall–Kier alpha value is -0.0800. The molecule has 1 saturated carbocycles. The van der Waals surface area contributed by atoms with Crippen molar-refractivity contribution < 1.29 is 9.84 Å². The second-order valence-electron chi connectivity index (χ2n) is 2.38. The van der Waals surface area contributed by atoms with Crippen molar-refractivity contribution in [3.05, 3.63) is 0 Å². The summed E-state index contributed by atoms with van der Waals surface area (Å²) in [6.45, 7) is 2.39. The van der Waals surface area contributed by atoms with Crippen LogP contribution in [0.25, 0.3) is 0 Å². The van der Waals surface area contributed by atoms with E-state index in [9.17, 15) is 0 Å². The largest absolute Gasteiger partial charge is 0.368 e. The lowest BCUT2D eigenvalue weighted by atomic mass is 10.5. The molecule has 0 heterocycles. The minimum atomic E-state index is -0.574.